The van der Waals surface area contributed by atoms with Gasteiger partial charge in [-0.3, -0.25) is 9.59 Å². The number of carbonyl (C=O) groups is 2. The van der Waals surface area contributed by atoms with E-state index in [1.807, 2.05) is 48.5 Å². The second-order valence-corrected chi connectivity index (χ2v) is 8.99. The van der Waals surface area contributed by atoms with Crippen LogP contribution in [0.15, 0.2) is 53.4 Å². The summed E-state index contributed by atoms with van der Waals surface area (Å²) in [6.07, 6.45) is 5.49. The van der Waals surface area contributed by atoms with Gasteiger partial charge in [-0.25, -0.2) is 0 Å². The van der Waals surface area contributed by atoms with Crippen LogP contribution in [-0.4, -0.2) is 17.6 Å². The van der Waals surface area contributed by atoms with Gasteiger partial charge in [0.05, 0.1) is 5.75 Å². The Morgan fingerprint density at radius 2 is 1.70 bits per heavy atom. The minimum atomic E-state index is -0.0437. The molecule has 1 aliphatic rings. The van der Waals surface area contributed by atoms with Crippen LogP contribution in [0.2, 0.25) is 0 Å². The molecule has 2 N–H and O–H groups in total. The van der Waals surface area contributed by atoms with Crippen molar-refractivity contribution in [3.63, 3.8) is 0 Å². The molecule has 0 saturated heterocycles. The number of nitrogens with one attached hydrogen (secondary N) is 2. The highest BCUT2D eigenvalue weighted by molar-refractivity contribution is 14.1. The van der Waals surface area contributed by atoms with Gasteiger partial charge in [-0.2, -0.15) is 0 Å². The number of anilines is 2. The van der Waals surface area contributed by atoms with Gasteiger partial charge in [0.1, 0.15) is 0 Å². The van der Waals surface area contributed by atoms with Crippen LogP contribution < -0.4 is 10.6 Å². The van der Waals surface area contributed by atoms with Crippen molar-refractivity contribution in [3.05, 3.63) is 52.1 Å². The standard InChI is InChI=1S/C21H23IN2O2S/c22-16-9-11-17(12-10-16)23-20(25)14-27-19-8-4-7-18(13-19)24-21(26)15-5-2-1-3-6-15/h4,7-13,15H,1-3,5-6,14H2,(H,23,25)(H,24,26). The normalized spacial score (nSPS) is 14.6. The van der Waals surface area contributed by atoms with E-state index in [1.165, 1.54) is 18.2 Å². The van der Waals surface area contributed by atoms with Crippen LogP contribution in [0.4, 0.5) is 11.4 Å². The van der Waals surface area contributed by atoms with E-state index in [4.69, 9.17) is 0 Å². The largest absolute Gasteiger partial charge is 0.326 e. The van der Waals surface area contributed by atoms with E-state index in [-0.39, 0.29) is 17.7 Å². The second kappa shape index (κ2) is 10.1. The summed E-state index contributed by atoms with van der Waals surface area (Å²) in [5.74, 6) is 0.535. The topological polar surface area (TPSA) is 58.2 Å². The van der Waals surface area contributed by atoms with Gasteiger partial charge < -0.3 is 10.6 Å². The number of hydrogen-bond acceptors (Lipinski definition) is 3. The number of amides is 2. The van der Waals surface area contributed by atoms with Crippen LogP contribution in [0.5, 0.6) is 0 Å². The molecule has 1 saturated carbocycles. The third-order valence-electron chi connectivity index (χ3n) is 4.58. The lowest BCUT2D eigenvalue weighted by molar-refractivity contribution is -0.120. The van der Waals surface area contributed by atoms with E-state index in [2.05, 4.69) is 33.2 Å². The molecule has 2 aromatic rings. The molecule has 1 fully saturated rings. The third-order valence-corrected chi connectivity index (χ3v) is 6.29. The smallest absolute Gasteiger partial charge is 0.234 e. The van der Waals surface area contributed by atoms with Crippen molar-refractivity contribution in [1.82, 2.24) is 0 Å². The fraction of sp³-hybridized carbons (Fsp3) is 0.333. The average Bonchev–Trinajstić information content (AvgIpc) is 2.69. The lowest BCUT2D eigenvalue weighted by Gasteiger charge is -2.20. The molecule has 0 aromatic heterocycles. The molecule has 0 spiro atoms. The van der Waals surface area contributed by atoms with Crippen molar-refractivity contribution < 1.29 is 9.59 Å². The Morgan fingerprint density at radius 1 is 0.963 bits per heavy atom. The average molecular weight is 494 g/mol. The minimum absolute atomic E-state index is 0.0437. The zero-order valence-corrected chi connectivity index (χ0v) is 18.0. The second-order valence-electron chi connectivity index (χ2n) is 6.70. The molecule has 0 aliphatic heterocycles. The zero-order valence-electron chi connectivity index (χ0n) is 15.0. The molecule has 0 radical (unpaired) electrons. The summed E-state index contributed by atoms with van der Waals surface area (Å²) in [5.41, 5.74) is 1.60. The summed E-state index contributed by atoms with van der Waals surface area (Å²) in [6, 6.07) is 15.4. The van der Waals surface area contributed by atoms with Crippen LogP contribution in [0, 0.1) is 9.49 Å². The van der Waals surface area contributed by atoms with Gasteiger partial charge in [-0.15, -0.1) is 11.8 Å². The molecule has 0 atom stereocenters. The molecule has 0 heterocycles. The Balaban J connectivity index is 1.50. The first-order valence-electron chi connectivity index (χ1n) is 9.19. The first kappa shape index (κ1) is 20.2. The maximum atomic E-state index is 12.4. The maximum Gasteiger partial charge on any atom is 0.234 e. The summed E-state index contributed by atoms with van der Waals surface area (Å²) in [5, 5.41) is 5.93. The monoisotopic (exact) mass is 494 g/mol. The van der Waals surface area contributed by atoms with E-state index in [9.17, 15) is 9.59 Å². The first-order valence-corrected chi connectivity index (χ1v) is 11.3. The fourth-order valence-electron chi connectivity index (χ4n) is 3.15. The molecule has 0 unspecified atom stereocenters. The first-order chi connectivity index (χ1) is 13.1. The summed E-state index contributed by atoms with van der Waals surface area (Å²) in [6.45, 7) is 0. The molecule has 6 heteroatoms. The van der Waals surface area contributed by atoms with Crippen LogP contribution in [0.25, 0.3) is 0 Å². The van der Waals surface area contributed by atoms with Gasteiger partial charge >= 0.3 is 0 Å². The highest BCUT2D eigenvalue weighted by Gasteiger charge is 2.21. The number of carbonyl (C=O) groups excluding carboxylic acids is 2. The Kier molecular flexibility index (Phi) is 7.58. The maximum absolute atomic E-state index is 12.4. The lowest BCUT2D eigenvalue weighted by Crippen LogP contribution is -2.24. The Hall–Kier alpha value is -1.54. The molecule has 4 nitrogen and oxygen atoms in total. The third kappa shape index (κ3) is 6.53. The Morgan fingerprint density at radius 3 is 2.44 bits per heavy atom. The summed E-state index contributed by atoms with van der Waals surface area (Å²) < 4.78 is 1.13. The van der Waals surface area contributed by atoms with Crippen molar-refractivity contribution >= 4 is 57.5 Å². The Labute approximate surface area is 178 Å². The van der Waals surface area contributed by atoms with E-state index in [0.29, 0.717) is 5.75 Å². The van der Waals surface area contributed by atoms with Crippen molar-refractivity contribution in [3.8, 4) is 0 Å². The molecule has 2 aromatic carbocycles. The Bertz CT molecular complexity index is 789. The number of rotatable bonds is 6. The van der Waals surface area contributed by atoms with Gasteiger partial charge in [0.15, 0.2) is 0 Å². The molecule has 27 heavy (non-hydrogen) atoms. The van der Waals surface area contributed by atoms with E-state index >= 15 is 0 Å². The zero-order chi connectivity index (χ0) is 19.1. The molecule has 142 valence electrons. The quantitative estimate of drug-likeness (QED) is 0.410. The molecule has 0 bridgehead atoms. The SMILES string of the molecule is O=C(CSc1cccc(NC(=O)C2CCCCC2)c1)Nc1ccc(I)cc1. The van der Waals surface area contributed by atoms with Gasteiger partial charge in [0, 0.05) is 25.8 Å². The number of benzene rings is 2. The van der Waals surface area contributed by atoms with Crippen LogP contribution >= 0.6 is 34.4 Å². The fourth-order valence-corrected chi connectivity index (χ4v) is 4.27. The minimum Gasteiger partial charge on any atom is -0.326 e. The van der Waals surface area contributed by atoms with Gasteiger partial charge in [-0.05, 0) is 77.9 Å². The molecule has 2 amide bonds. The summed E-state index contributed by atoms with van der Waals surface area (Å²) in [7, 11) is 0. The lowest BCUT2D eigenvalue weighted by atomic mass is 9.88. The van der Waals surface area contributed by atoms with Crippen LogP contribution in [0.3, 0.4) is 0 Å². The van der Waals surface area contributed by atoms with Crippen molar-refractivity contribution in [1.29, 1.82) is 0 Å². The molecular weight excluding hydrogens is 471 g/mol. The van der Waals surface area contributed by atoms with Gasteiger partial charge in [0.2, 0.25) is 11.8 Å². The van der Waals surface area contributed by atoms with E-state index in [1.54, 1.807) is 0 Å². The van der Waals surface area contributed by atoms with E-state index in [0.717, 1.165) is 45.5 Å². The molecular formula is C21H23IN2O2S. The van der Waals surface area contributed by atoms with Gasteiger partial charge in [0.25, 0.3) is 0 Å². The highest BCUT2D eigenvalue weighted by atomic mass is 127. The summed E-state index contributed by atoms with van der Waals surface area (Å²) in [4.78, 5) is 25.5. The molecule has 1 aliphatic carbocycles. The predicted octanol–water partition coefficient (Wildman–Crippen LogP) is 5.54. The van der Waals surface area contributed by atoms with Crippen molar-refractivity contribution in [2.24, 2.45) is 5.92 Å². The van der Waals surface area contributed by atoms with Crippen LogP contribution in [0.1, 0.15) is 32.1 Å². The number of halogens is 1. The van der Waals surface area contributed by atoms with Gasteiger partial charge in [-0.1, -0.05) is 25.3 Å². The predicted molar refractivity (Wildman–Crippen MR) is 120 cm³/mol. The van der Waals surface area contributed by atoms with Crippen molar-refractivity contribution in [2.45, 2.75) is 37.0 Å². The number of hydrogen-bond donors (Lipinski definition) is 2. The van der Waals surface area contributed by atoms with Crippen molar-refractivity contribution in [2.75, 3.05) is 16.4 Å². The van der Waals surface area contributed by atoms with Crippen LogP contribution in [-0.2, 0) is 9.59 Å². The van der Waals surface area contributed by atoms with E-state index < -0.39 is 0 Å². The highest BCUT2D eigenvalue weighted by Crippen LogP contribution is 2.26. The summed E-state index contributed by atoms with van der Waals surface area (Å²) >= 11 is 3.70. The molecule has 3 rings (SSSR count). The number of thioether (sulfide) groups is 1.